The molecule has 0 unspecified atom stereocenters. The Hall–Kier alpha value is -2.22. The van der Waals surface area contributed by atoms with Crippen LogP contribution in [0.25, 0.3) is 0 Å². The Morgan fingerprint density at radius 2 is 2.09 bits per heavy atom. The van der Waals surface area contributed by atoms with Crippen LogP contribution in [0.4, 0.5) is 5.95 Å². The lowest BCUT2D eigenvalue weighted by molar-refractivity contribution is -0.162. The highest BCUT2D eigenvalue weighted by molar-refractivity contribution is 5.94. The summed E-state index contributed by atoms with van der Waals surface area (Å²) in [5.41, 5.74) is -1.01. The van der Waals surface area contributed by atoms with Gasteiger partial charge in [0, 0.05) is 32.5 Å². The van der Waals surface area contributed by atoms with E-state index in [1.165, 1.54) is 17.3 Å². The molecule has 0 radical (unpaired) electrons. The van der Waals surface area contributed by atoms with Crippen LogP contribution in [0.15, 0.2) is 12.4 Å². The molecule has 2 atom stereocenters. The van der Waals surface area contributed by atoms with Crippen LogP contribution in [0.1, 0.15) is 36.5 Å². The zero-order valence-electron chi connectivity index (χ0n) is 13.3. The van der Waals surface area contributed by atoms with E-state index in [-0.39, 0.29) is 18.9 Å². The van der Waals surface area contributed by atoms with Gasteiger partial charge >= 0.3 is 5.97 Å². The molecule has 0 saturated carbocycles. The van der Waals surface area contributed by atoms with E-state index in [1.54, 1.807) is 7.05 Å². The number of anilines is 1. The smallest absolute Gasteiger partial charge is 0.314 e. The van der Waals surface area contributed by atoms with Crippen LogP contribution >= 0.6 is 0 Å². The van der Waals surface area contributed by atoms with Gasteiger partial charge in [-0.2, -0.15) is 0 Å². The Labute approximate surface area is 134 Å². The molecule has 0 aliphatic carbocycles. The average molecular weight is 322 g/mol. The van der Waals surface area contributed by atoms with Crippen molar-refractivity contribution >= 4 is 17.8 Å². The van der Waals surface area contributed by atoms with Gasteiger partial charge in [-0.25, -0.2) is 9.97 Å². The van der Waals surface area contributed by atoms with E-state index < -0.39 is 17.5 Å². The number of amides is 1. The molecular weight excluding hydrogens is 300 g/mol. The summed E-state index contributed by atoms with van der Waals surface area (Å²) in [6, 6.07) is 0. The molecular formula is C15H22N4O4. The van der Waals surface area contributed by atoms with Crippen LogP contribution in [-0.2, 0) is 4.79 Å². The maximum Gasteiger partial charge on any atom is 0.314 e. The van der Waals surface area contributed by atoms with Crippen molar-refractivity contribution < 1.29 is 19.8 Å². The Bertz CT molecular complexity index is 577. The van der Waals surface area contributed by atoms with Crippen molar-refractivity contribution in [1.82, 2.24) is 14.9 Å². The fourth-order valence-corrected chi connectivity index (χ4v) is 3.01. The van der Waals surface area contributed by atoms with Crippen molar-refractivity contribution in [1.29, 1.82) is 0 Å². The number of carbonyl (C=O) groups excluding carboxylic acids is 1. The fraction of sp³-hybridized carbons (Fsp3) is 0.600. The number of aromatic nitrogens is 2. The van der Waals surface area contributed by atoms with E-state index in [1.807, 2.05) is 6.92 Å². The topological polar surface area (TPSA) is 116 Å². The van der Waals surface area contributed by atoms with Crippen molar-refractivity contribution in [3.8, 4) is 0 Å². The summed E-state index contributed by atoms with van der Waals surface area (Å²) in [7, 11) is 1.68. The van der Waals surface area contributed by atoms with Crippen LogP contribution in [0.2, 0.25) is 0 Å². The molecule has 0 bridgehead atoms. The highest BCUT2D eigenvalue weighted by Crippen LogP contribution is 2.36. The number of carbonyl (C=O) groups is 2. The molecule has 2 rings (SSSR count). The van der Waals surface area contributed by atoms with Crippen LogP contribution in [-0.4, -0.2) is 63.2 Å². The monoisotopic (exact) mass is 322 g/mol. The number of nitrogens with one attached hydrogen (secondary N) is 1. The molecule has 1 aromatic rings. The zero-order valence-corrected chi connectivity index (χ0v) is 13.3. The molecule has 2 heterocycles. The van der Waals surface area contributed by atoms with Gasteiger partial charge in [-0.3, -0.25) is 9.59 Å². The summed E-state index contributed by atoms with van der Waals surface area (Å²) in [5.74, 6) is -0.978. The molecule has 0 aromatic carbocycles. The van der Waals surface area contributed by atoms with Crippen molar-refractivity contribution in [2.45, 2.75) is 32.3 Å². The molecule has 1 saturated heterocycles. The van der Waals surface area contributed by atoms with Gasteiger partial charge in [0.25, 0.3) is 5.91 Å². The Morgan fingerprint density at radius 1 is 1.43 bits per heavy atom. The van der Waals surface area contributed by atoms with Gasteiger partial charge in [0.2, 0.25) is 5.95 Å². The number of aliphatic hydroxyl groups is 1. The number of nitrogens with zero attached hydrogens (tertiary/aromatic N) is 3. The zero-order chi connectivity index (χ0) is 17.0. The lowest BCUT2D eigenvalue weighted by Crippen LogP contribution is -2.57. The van der Waals surface area contributed by atoms with Gasteiger partial charge in [-0.05, 0) is 12.8 Å². The first-order valence-electron chi connectivity index (χ1n) is 7.65. The first-order chi connectivity index (χ1) is 10.9. The maximum atomic E-state index is 12.6. The molecule has 8 nitrogen and oxygen atoms in total. The predicted molar refractivity (Wildman–Crippen MR) is 83.1 cm³/mol. The SMILES string of the molecule is CCC[C@@]1(C(=O)O)CN(C(=O)c2cnc(NC)nc2)CC[C@@H]1O. The lowest BCUT2D eigenvalue weighted by atomic mass is 9.74. The minimum atomic E-state index is -1.31. The highest BCUT2D eigenvalue weighted by atomic mass is 16.4. The minimum absolute atomic E-state index is 0.00997. The quantitative estimate of drug-likeness (QED) is 0.727. The van der Waals surface area contributed by atoms with Gasteiger partial charge in [0.05, 0.1) is 11.7 Å². The largest absolute Gasteiger partial charge is 0.481 e. The summed E-state index contributed by atoms with van der Waals surface area (Å²) in [4.78, 5) is 33.8. The Morgan fingerprint density at radius 3 is 2.61 bits per heavy atom. The molecule has 1 aromatic heterocycles. The third kappa shape index (κ3) is 3.26. The van der Waals surface area contributed by atoms with Gasteiger partial charge in [0.15, 0.2) is 0 Å². The Balaban J connectivity index is 2.22. The van der Waals surface area contributed by atoms with Gasteiger partial charge in [0.1, 0.15) is 5.41 Å². The number of aliphatic carboxylic acids is 1. The van der Waals surface area contributed by atoms with Crippen molar-refractivity contribution in [3.63, 3.8) is 0 Å². The summed E-state index contributed by atoms with van der Waals surface area (Å²) in [6.07, 6.45) is 3.05. The normalized spacial score (nSPS) is 24.3. The van der Waals surface area contributed by atoms with Crippen molar-refractivity contribution in [2.24, 2.45) is 5.41 Å². The van der Waals surface area contributed by atoms with E-state index >= 15 is 0 Å². The van der Waals surface area contributed by atoms with Crippen LogP contribution in [0, 0.1) is 5.41 Å². The number of piperidine rings is 1. The molecule has 1 amide bonds. The predicted octanol–water partition coefficient (Wildman–Crippen LogP) is 0.596. The number of rotatable bonds is 5. The summed E-state index contributed by atoms with van der Waals surface area (Å²) in [5, 5.41) is 22.6. The third-order valence-corrected chi connectivity index (χ3v) is 4.31. The van der Waals surface area contributed by atoms with Gasteiger partial charge < -0.3 is 20.4 Å². The molecule has 23 heavy (non-hydrogen) atoms. The number of likely N-dealkylation sites (tertiary alicyclic amines) is 1. The molecule has 126 valence electrons. The summed E-state index contributed by atoms with van der Waals surface area (Å²) < 4.78 is 0. The van der Waals surface area contributed by atoms with Crippen LogP contribution in [0.3, 0.4) is 0 Å². The minimum Gasteiger partial charge on any atom is -0.481 e. The summed E-state index contributed by atoms with van der Waals surface area (Å²) >= 11 is 0. The average Bonchev–Trinajstić information content (AvgIpc) is 2.56. The molecule has 3 N–H and O–H groups in total. The Kier molecular flexibility index (Phi) is 5.15. The van der Waals surface area contributed by atoms with Gasteiger partial charge in [-0.1, -0.05) is 13.3 Å². The first kappa shape index (κ1) is 17.1. The third-order valence-electron chi connectivity index (χ3n) is 4.31. The second kappa shape index (κ2) is 6.91. The number of hydrogen-bond donors (Lipinski definition) is 3. The lowest BCUT2D eigenvalue weighted by Gasteiger charge is -2.43. The van der Waals surface area contributed by atoms with Crippen molar-refractivity contribution in [2.75, 3.05) is 25.5 Å². The maximum absolute atomic E-state index is 12.6. The molecule has 0 spiro atoms. The molecule has 8 heteroatoms. The number of carboxylic acid groups (broad SMARTS) is 1. The first-order valence-corrected chi connectivity index (χ1v) is 7.65. The van der Waals surface area contributed by atoms with E-state index in [2.05, 4.69) is 15.3 Å². The van der Waals surface area contributed by atoms with Crippen molar-refractivity contribution in [3.05, 3.63) is 18.0 Å². The molecule has 1 aliphatic heterocycles. The van der Waals surface area contributed by atoms with E-state index in [0.29, 0.717) is 30.9 Å². The fourth-order valence-electron chi connectivity index (χ4n) is 3.01. The number of aliphatic hydroxyl groups excluding tert-OH is 1. The van der Waals surface area contributed by atoms with E-state index in [4.69, 9.17) is 0 Å². The number of hydrogen-bond acceptors (Lipinski definition) is 6. The van der Waals surface area contributed by atoms with E-state index in [9.17, 15) is 19.8 Å². The molecule has 1 fully saturated rings. The van der Waals surface area contributed by atoms with Gasteiger partial charge in [-0.15, -0.1) is 0 Å². The standard InChI is InChI=1S/C15H22N4O4/c1-3-5-15(13(22)23)9-19(6-4-11(15)20)12(21)10-7-17-14(16-2)18-8-10/h7-8,11,20H,3-6,9H2,1-2H3,(H,22,23)(H,16,17,18)/t11-,15+/m0/s1. The number of carboxylic acids is 1. The summed E-state index contributed by atoms with van der Waals surface area (Å²) in [6.45, 7) is 2.17. The second-order valence-electron chi connectivity index (χ2n) is 5.79. The second-order valence-corrected chi connectivity index (χ2v) is 5.79. The highest BCUT2D eigenvalue weighted by Gasteiger charge is 2.49. The van der Waals surface area contributed by atoms with Crippen LogP contribution < -0.4 is 5.32 Å². The van der Waals surface area contributed by atoms with Crippen LogP contribution in [0.5, 0.6) is 0 Å². The van der Waals surface area contributed by atoms with E-state index in [0.717, 1.165) is 0 Å². The molecule has 1 aliphatic rings.